The topological polar surface area (TPSA) is 84.2 Å². The van der Waals surface area contributed by atoms with Gasteiger partial charge in [0.2, 0.25) is 0 Å². The molecule has 0 fully saturated rings. The van der Waals surface area contributed by atoms with Crippen LogP contribution in [0.2, 0.25) is 10.0 Å². The molecule has 0 spiro atoms. The fraction of sp³-hybridized carbons (Fsp3) is 0.267. The summed E-state index contributed by atoms with van der Waals surface area (Å²) in [6, 6.07) is 5.27. The van der Waals surface area contributed by atoms with E-state index in [9.17, 15) is 14.7 Å². The monoisotopic (exact) mass is 355 g/mol. The largest absolute Gasteiger partial charge is 0.480 e. The fourth-order valence-electron chi connectivity index (χ4n) is 2.22. The molecule has 2 aromatic rings. The summed E-state index contributed by atoms with van der Waals surface area (Å²) >= 11 is 11.8. The average molecular weight is 356 g/mol. The zero-order valence-corrected chi connectivity index (χ0v) is 14.0. The Morgan fingerprint density at radius 2 is 1.87 bits per heavy atom. The number of aryl methyl sites for hydroxylation is 2. The molecule has 1 unspecified atom stereocenters. The second-order valence-electron chi connectivity index (χ2n) is 5.14. The first kappa shape index (κ1) is 17.3. The first-order valence-electron chi connectivity index (χ1n) is 6.75. The van der Waals surface area contributed by atoms with Crippen LogP contribution < -0.4 is 5.32 Å². The molecule has 0 aliphatic carbocycles. The van der Waals surface area contributed by atoms with Crippen LogP contribution in [0.25, 0.3) is 0 Å². The summed E-state index contributed by atoms with van der Waals surface area (Å²) < 4.78 is 1.40. The Balaban J connectivity index is 2.17. The zero-order chi connectivity index (χ0) is 17.1. The molecular formula is C15H15Cl2N3O3. The first-order valence-corrected chi connectivity index (χ1v) is 7.51. The van der Waals surface area contributed by atoms with Gasteiger partial charge in [0.1, 0.15) is 11.7 Å². The first-order chi connectivity index (χ1) is 10.8. The number of rotatable bonds is 5. The van der Waals surface area contributed by atoms with Crippen LogP contribution in [0.1, 0.15) is 21.7 Å². The van der Waals surface area contributed by atoms with Crippen molar-refractivity contribution in [1.82, 2.24) is 15.1 Å². The molecule has 23 heavy (non-hydrogen) atoms. The van der Waals surface area contributed by atoms with Gasteiger partial charge >= 0.3 is 5.97 Å². The molecule has 1 aromatic carbocycles. The number of hydrogen-bond acceptors (Lipinski definition) is 3. The highest BCUT2D eigenvalue weighted by Gasteiger charge is 2.23. The molecule has 1 atom stereocenters. The smallest absolute Gasteiger partial charge is 0.326 e. The lowest BCUT2D eigenvalue weighted by Crippen LogP contribution is -2.42. The maximum absolute atomic E-state index is 12.2. The van der Waals surface area contributed by atoms with Crippen molar-refractivity contribution in [3.8, 4) is 0 Å². The Labute approximate surface area is 143 Å². The van der Waals surface area contributed by atoms with E-state index in [0.29, 0.717) is 21.3 Å². The number of carboxylic acids is 1. The van der Waals surface area contributed by atoms with E-state index in [1.165, 1.54) is 4.68 Å². The molecule has 0 saturated heterocycles. The molecule has 0 saturated carbocycles. The minimum absolute atomic E-state index is 0.0676. The van der Waals surface area contributed by atoms with E-state index in [1.54, 1.807) is 38.2 Å². The van der Waals surface area contributed by atoms with E-state index >= 15 is 0 Å². The van der Waals surface area contributed by atoms with Crippen LogP contribution in [-0.2, 0) is 18.3 Å². The summed E-state index contributed by atoms with van der Waals surface area (Å²) in [5, 5.41) is 16.7. The normalized spacial score (nSPS) is 12.0. The number of benzene rings is 1. The number of carboxylic acid groups (broad SMARTS) is 1. The van der Waals surface area contributed by atoms with Gasteiger partial charge in [-0.15, -0.1) is 0 Å². The van der Waals surface area contributed by atoms with Gasteiger partial charge in [-0.2, -0.15) is 5.10 Å². The molecular weight excluding hydrogens is 341 g/mol. The third-order valence-electron chi connectivity index (χ3n) is 3.20. The minimum Gasteiger partial charge on any atom is -0.480 e. The highest BCUT2D eigenvalue weighted by molar-refractivity contribution is 6.34. The van der Waals surface area contributed by atoms with Crippen LogP contribution in [0.5, 0.6) is 0 Å². The van der Waals surface area contributed by atoms with Crippen molar-refractivity contribution in [3.05, 3.63) is 51.3 Å². The number of carbonyl (C=O) groups is 2. The maximum atomic E-state index is 12.2. The quantitative estimate of drug-likeness (QED) is 0.862. The molecule has 2 rings (SSSR count). The van der Waals surface area contributed by atoms with Crippen molar-refractivity contribution in [3.63, 3.8) is 0 Å². The Kier molecular flexibility index (Phi) is 5.28. The standard InChI is InChI=1S/C15H15Cl2N3O3/c1-8-3-13(20(2)19-8)14(21)18-12(15(22)23)6-9-4-10(16)7-11(17)5-9/h3-5,7,12H,6H2,1-2H3,(H,18,21)(H,22,23). The van der Waals surface area contributed by atoms with E-state index in [0.717, 1.165) is 0 Å². The predicted octanol–water partition coefficient (Wildman–Crippen LogP) is 2.46. The molecule has 0 radical (unpaired) electrons. The number of halogens is 2. The van der Waals surface area contributed by atoms with Crippen molar-refractivity contribution in [2.75, 3.05) is 0 Å². The Morgan fingerprint density at radius 1 is 1.26 bits per heavy atom. The van der Waals surface area contributed by atoms with Gasteiger partial charge < -0.3 is 10.4 Å². The molecule has 1 aromatic heterocycles. The van der Waals surface area contributed by atoms with Crippen LogP contribution in [0.15, 0.2) is 24.3 Å². The highest BCUT2D eigenvalue weighted by Crippen LogP contribution is 2.20. The number of amides is 1. The fourth-order valence-corrected chi connectivity index (χ4v) is 2.79. The molecule has 6 nitrogen and oxygen atoms in total. The van der Waals surface area contributed by atoms with Crippen molar-refractivity contribution < 1.29 is 14.7 Å². The zero-order valence-electron chi connectivity index (χ0n) is 12.5. The van der Waals surface area contributed by atoms with E-state index in [-0.39, 0.29) is 12.1 Å². The summed E-state index contributed by atoms with van der Waals surface area (Å²) in [6.45, 7) is 1.75. The summed E-state index contributed by atoms with van der Waals surface area (Å²) in [5.74, 6) is -1.65. The van der Waals surface area contributed by atoms with Crippen molar-refractivity contribution in [2.24, 2.45) is 7.05 Å². The second-order valence-corrected chi connectivity index (χ2v) is 6.01. The number of aromatic nitrogens is 2. The molecule has 122 valence electrons. The van der Waals surface area contributed by atoms with Crippen molar-refractivity contribution in [2.45, 2.75) is 19.4 Å². The third-order valence-corrected chi connectivity index (χ3v) is 3.64. The lowest BCUT2D eigenvalue weighted by atomic mass is 10.1. The van der Waals surface area contributed by atoms with E-state index in [1.807, 2.05) is 0 Å². The van der Waals surface area contributed by atoms with Gasteiger partial charge in [-0.1, -0.05) is 23.2 Å². The van der Waals surface area contributed by atoms with Gasteiger partial charge in [0.05, 0.1) is 5.69 Å². The minimum atomic E-state index is -1.15. The van der Waals surface area contributed by atoms with E-state index in [4.69, 9.17) is 23.2 Å². The van der Waals surface area contributed by atoms with Gasteiger partial charge in [0, 0.05) is 23.5 Å². The van der Waals surface area contributed by atoms with Crippen LogP contribution >= 0.6 is 23.2 Å². The van der Waals surface area contributed by atoms with Crippen molar-refractivity contribution in [1.29, 1.82) is 0 Å². The predicted molar refractivity (Wildman–Crippen MR) is 87.0 cm³/mol. The van der Waals surface area contributed by atoms with Crippen LogP contribution in [0.4, 0.5) is 0 Å². The Bertz CT molecular complexity index is 738. The lowest BCUT2D eigenvalue weighted by molar-refractivity contribution is -0.139. The van der Waals surface area contributed by atoms with Gasteiger partial charge in [-0.05, 0) is 36.8 Å². The lowest BCUT2D eigenvalue weighted by Gasteiger charge is -2.15. The highest BCUT2D eigenvalue weighted by atomic mass is 35.5. The SMILES string of the molecule is Cc1cc(C(=O)NC(Cc2cc(Cl)cc(Cl)c2)C(=O)O)n(C)n1. The van der Waals surface area contributed by atoms with Crippen LogP contribution in [0, 0.1) is 6.92 Å². The van der Waals surface area contributed by atoms with Gasteiger partial charge in [0.25, 0.3) is 5.91 Å². The number of nitrogens with zero attached hydrogens (tertiary/aromatic N) is 2. The van der Waals surface area contributed by atoms with Crippen LogP contribution in [-0.4, -0.2) is 32.8 Å². The number of aliphatic carboxylic acids is 1. The van der Waals surface area contributed by atoms with Gasteiger partial charge in [-0.3, -0.25) is 9.48 Å². The molecule has 2 N–H and O–H groups in total. The summed E-state index contributed by atoms with van der Waals surface area (Å²) in [7, 11) is 1.62. The van der Waals surface area contributed by atoms with E-state index in [2.05, 4.69) is 10.4 Å². The van der Waals surface area contributed by atoms with Crippen LogP contribution in [0.3, 0.4) is 0 Å². The molecule has 1 heterocycles. The molecule has 8 heteroatoms. The molecule has 0 aliphatic rings. The van der Waals surface area contributed by atoms with Gasteiger partial charge in [-0.25, -0.2) is 4.79 Å². The van der Waals surface area contributed by atoms with E-state index < -0.39 is 17.9 Å². The molecule has 1 amide bonds. The summed E-state index contributed by atoms with van der Waals surface area (Å²) in [4.78, 5) is 23.7. The molecule has 0 aliphatic heterocycles. The van der Waals surface area contributed by atoms with Crippen molar-refractivity contribution >= 4 is 35.1 Å². The maximum Gasteiger partial charge on any atom is 0.326 e. The molecule has 0 bridgehead atoms. The number of carbonyl (C=O) groups excluding carboxylic acids is 1. The number of hydrogen-bond donors (Lipinski definition) is 2. The Morgan fingerprint density at radius 3 is 2.35 bits per heavy atom. The number of nitrogens with one attached hydrogen (secondary N) is 1. The second kappa shape index (κ2) is 7.02. The third kappa shape index (κ3) is 4.46. The van der Waals surface area contributed by atoms with Gasteiger partial charge in [0.15, 0.2) is 0 Å². The summed E-state index contributed by atoms with van der Waals surface area (Å²) in [5.41, 5.74) is 1.58. The summed E-state index contributed by atoms with van der Waals surface area (Å²) in [6.07, 6.45) is 0.0676. The average Bonchev–Trinajstić information content (AvgIpc) is 2.75. The Hall–Kier alpha value is -2.05.